The van der Waals surface area contributed by atoms with Crippen LogP contribution in [0.15, 0.2) is 16.6 Å². The molecule has 1 fully saturated rings. The molecule has 1 aromatic carbocycles. The van der Waals surface area contributed by atoms with E-state index < -0.39 is 0 Å². The fourth-order valence-corrected chi connectivity index (χ4v) is 3.32. The minimum absolute atomic E-state index is 0.0736. The van der Waals surface area contributed by atoms with Crippen LogP contribution < -0.4 is 5.73 Å². The van der Waals surface area contributed by atoms with Crippen molar-refractivity contribution in [2.45, 2.75) is 38.0 Å². The number of hydrogen-bond acceptors (Lipinski definition) is 1. The highest BCUT2D eigenvalue weighted by Gasteiger charge is 2.36. The third-order valence-corrected chi connectivity index (χ3v) is 4.20. The third-order valence-electron chi connectivity index (χ3n) is 3.74. The van der Waals surface area contributed by atoms with Gasteiger partial charge in [-0.05, 0) is 43.0 Å². The molecule has 3 heteroatoms. The van der Waals surface area contributed by atoms with Crippen molar-refractivity contribution in [3.8, 4) is 0 Å². The van der Waals surface area contributed by atoms with Crippen molar-refractivity contribution < 1.29 is 4.39 Å². The second-order valence-electron chi connectivity index (χ2n) is 4.78. The first kappa shape index (κ1) is 12.1. The van der Waals surface area contributed by atoms with Gasteiger partial charge in [-0.2, -0.15) is 0 Å². The highest BCUT2D eigenvalue weighted by molar-refractivity contribution is 9.10. The van der Waals surface area contributed by atoms with Gasteiger partial charge in [0, 0.05) is 16.4 Å². The molecule has 0 aromatic heterocycles. The van der Waals surface area contributed by atoms with Gasteiger partial charge in [0.25, 0.3) is 0 Å². The summed E-state index contributed by atoms with van der Waals surface area (Å²) in [5.74, 6) is -0.0736. The molecule has 16 heavy (non-hydrogen) atoms. The number of aryl methyl sites for hydroxylation is 1. The van der Waals surface area contributed by atoms with Crippen molar-refractivity contribution in [2.24, 2.45) is 5.73 Å². The molecule has 0 saturated heterocycles. The van der Waals surface area contributed by atoms with Gasteiger partial charge in [0.15, 0.2) is 0 Å². The molecular formula is C13H17BrFN. The lowest BCUT2D eigenvalue weighted by Crippen LogP contribution is -2.33. The SMILES string of the molecule is Cc1cc(Br)cc(C2(CN)CCCC2)c1F. The smallest absolute Gasteiger partial charge is 0.129 e. The Hall–Kier alpha value is -0.410. The van der Waals surface area contributed by atoms with E-state index in [-0.39, 0.29) is 11.2 Å². The zero-order valence-corrected chi connectivity index (χ0v) is 11.1. The summed E-state index contributed by atoms with van der Waals surface area (Å²) in [5.41, 5.74) is 7.26. The van der Waals surface area contributed by atoms with Crippen LogP contribution >= 0.6 is 15.9 Å². The molecule has 1 aliphatic rings. The van der Waals surface area contributed by atoms with Crippen molar-refractivity contribution >= 4 is 15.9 Å². The van der Waals surface area contributed by atoms with Gasteiger partial charge in [0.2, 0.25) is 0 Å². The summed E-state index contributed by atoms with van der Waals surface area (Å²) < 4.78 is 15.1. The quantitative estimate of drug-likeness (QED) is 0.882. The Morgan fingerprint density at radius 3 is 2.56 bits per heavy atom. The maximum atomic E-state index is 14.2. The molecule has 0 radical (unpaired) electrons. The molecule has 0 bridgehead atoms. The lowest BCUT2D eigenvalue weighted by molar-refractivity contribution is 0.425. The minimum Gasteiger partial charge on any atom is -0.330 e. The Labute approximate surface area is 104 Å². The molecule has 1 aliphatic carbocycles. The summed E-state index contributed by atoms with van der Waals surface area (Å²) >= 11 is 3.44. The molecule has 0 amide bonds. The highest BCUT2D eigenvalue weighted by atomic mass is 79.9. The van der Waals surface area contributed by atoms with Crippen LogP contribution in [0.1, 0.15) is 36.8 Å². The summed E-state index contributed by atoms with van der Waals surface area (Å²) in [4.78, 5) is 0. The lowest BCUT2D eigenvalue weighted by Gasteiger charge is -2.29. The molecule has 88 valence electrons. The van der Waals surface area contributed by atoms with E-state index in [9.17, 15) is 4.39 Å². The van der Waals surface area contributed by atoms with Gasteiger partial charge in [0.1, 0.15) is 5.82 Å². The molecule has 1 saturated carbocycles. The van der Waals surface area contributed by atoms with E-state index >= 15 is 0 Å². The molecule has 2 N–H and O–H groups in total. The molecular weight excluding hydrogens is 269 g/mol. The minimum atomic E-state index is -0.126. The van der Waals surface area contributed by atoms with Crippen molar-refractivity contribution in [1.82, 2.24) is 0 Å². The molecule has 0 atom stereocenters. The van der Waals surface area contributed by atoms with Gasteiger partial charge in [-0.15, -0.1) is 0 Å². The Kier molecular flexibility index (Phi) is 3.36. The monoisotopic (exact) mass is 285 g/mol. The largest absolute Gasteiger partial charge is 0.330 e. The van der Waals surface area contributed by atoms with Gasteiger partial charge >= 0.3 is 0 Å². The lowest BCUT2D eigenvalue weighted by atomic mass is 9.78. The van der Waals surface area contributed by atoms with Crippen LogP contribution in [0, 0.1) is 12.7 Å². The van der Waals surface area contributed by atoms with E-state index in [2.05, 4.69) is 15.9 Å². The van der Waals surface area contributed by atoms with Gasteiger partial charge in [-0.3, -0.25) is 0 Å². The first-order chi connectivity index (χ1) is 7.59. The summed E-state index contributed by atoms with van der Waals surface area (Å²) in [6.07, 6.45) is 4.33. The second-order valence-corrected chi connectivity index (χ2v) is 5.69. The molecule has 1 nitrogen and oxygen atoms in total. The van der Waals surface area contributed by atoms with Crippen LogP contribution in [0.5, 0.6) is 0 Å². The third kappa shape index (κ3) is 1.91. The molecule has 0 unspecified atom stereocenters. The van der Waals surface area contributed by atoms with Crippen LogP contribution in [0.4, 0.5) is 4.39 Å². The summed E-state index contributed by atoms with van der Waals surface area (Å²) in [6.45, 7) is 2.35. The summed E-state index contributed by atoms with van der Waals surface area (Å²) in [6, 6.07) is 3.72. The average molecular weight is 286 g/mol. The maximum absolute atomic E-state index is 14.2. The first-order valence-corrected chi connectivity index (χ1v) is 6.54. The maximum Gasteiger partial charge on any atom is 0.129 e. The zero-order valence-electron chi connectivity index (χ0n) is 9.52. The molecule has 1 aromatic rings. The Morgan fingerprint density at radius 1 is 1.38 bits per heavy atom. The molecule has 2 rings (SSSR count). The normalized spacial score (nSPS) is 19.0. The van der Waals surface area contributed by atoms with Crippen molar-refractivity contribution in [1.29, 1.82) is 0 Å². The standard InChI is InChI=1S/C13H17BrFN/c1-9-6-10(14)7-11(12(9)15)13(8-16)4-2-3-5-13/h6-7H,2-5,8,16H2,1H3. The van der Waals surface area contributed by atoms with Crippen molar-refractivity contribution in [3.63, 3.8) is 0 Å². The summed E-state index contributed by atoms with van der Waals surface area (Å²) in [7, 11) is 0. The molecule has 0 aliphatic heterocycles. The van der Waals surface area contributed by atoms with E-state index in [4.69, 9.17) is 5.73 Å². The van der Waals surface area contributed by atoms with Crippen LogP contribution in [-0.2, 0) is 5.41 Å². The van der Waals surface area contributed by atoms with Crippen LogP contribution in [-0.4, -0.2) is 6.54 Å². The average Bonchev–Trinajstić information content (AvgIpc) is 2.73. The van der Waals surface area contributed by atoms with E-state index in [1.165, 1.54) is 0 Å². The van der Waals surface area contributed by atoms with Crippen molar-refractivity contribution in [2.75, 3.05) is 6.54 Å². The van der Waals surface area contributed by atoms with Gasteiger partial charge < -0.3 is 5.73 Å². The fourth-order valence-electron chi connectivity index (χ4n) is 2.75. The van der Waals surface area contributed by atoms with E-state index in [0.29, 0.717) is 12.1 Å². The van der Waals surface area contributed by atoms with Crippen LogP contribution in [0.3, 0.4) is 0 Å². The van der Waals surface area contributed by atoms with E-state index in [0.717, 1.165) is 35.7 Å². The predicted molar refractivity (Wildman–Crippen MR) is 68.0 cm³/mol. The second kappa shape index (κ2) is 4.46. The number of nitrogens with two attached hydrogens (primary N) is 1. The molecule has 0 spiro atoms. The zero-order chi connectivity index (χ0) is 11.8. The summed E-state index contributed by atoms with van der Waals surface area (Å²) in [5, 5.41) is 0. The number of halogens is 2. The van der Waals surface area contributed by atoms with Crippen LogP contribution in [0.25, 0.3) is 0 Å². The van der Waals surface area contributed by atoms with E-state index in [1.807, 2.05) is 19.1 Å². The van der Waals surface area contributed by atoms with Crippen molar-refractivity contribution in [3.05, 3.63) is 33.5 Å². The van der Waals surface area contributed by atoms with Gasteiger partial charge in [-0.1, -0.05) is 28.8 Å². The molecule has 0 heterocycles. The topological polar surface area (TPSA) is 26.0 Å². The Bertz CT molecular complexity index is 397. The highest BCUT2D eigenvalue weighted by Crippen LogP contribution is 2.42. The number of hydrogen-bond donors (Lipinski definition) is 1. The predicted octanol–water partition coefficient (Wildman–Crippen LogP) is 3.67. The van der Waals surface area contributed by atoms with Gasteiger partial charge in [-0.25, -0.2) is 4.39 Å². The number of rotatable bonds is 2. The Morgan fingerprint density at radius 2 is 2.00 bits per heavy atom. The first-order valence-electron chi connectivity index (χ1n) is 5.75. The number of benzene rings is 1. The van der Waals surface area contributed by atoms with Gasteiger partial charge in [0.05, 0.1) is 0 Å². The van der Waals surface area contributed by atoms with E-state index in [1.54, 1.807) is 0 Å². The Balaban J connectivity index is 2.53. The van der Waals surface area contributed by atoms with Crippen LogP contribution in [0.2, 0.25) is 0 Å². The fraction of sp³-hybridized carbons (Fsp3) is 0.538.